The Morgan fingerprint density at radius 3 is 2.94 bits per heavy atom. The summed E-state index contributed by atoms with van der Waals surface area (Å²) in [6.07, 6.45) is 3.35. The van der Waals surface area contributed by atoms with Crippen LogP contribution in [-0.4, -0.2) is 49.4 Å². The number of anilines is 1. The van der Waals surface area contributed by atoms with Gasteiger partial charge < -0.3 is 20.5 Å². The predicted molar refractivity (Wildman–Crippen MR) is 114 cm³/mol. The zero-order valence-corrected chi connectivity index (χ0v) is 16.7. The number of benzene rings is 1. The molecule has 4 heterocycles. The second kappa shape index (κ2) is 7.24. The highest BCUT2D eigenvalue weighted by Crippen LogP contribution is 2.29. The molecule has 0 radical (unpaired) electrons. The molecule has 0 spiro atoms. The van der Waals surface area contributed by atoms with E-state index in [1.807, 2.05) is 43.3 Å². The minimum absolute atomic E-state index is 0.0425. The number of fused-ring (bicyclic) bond motifs is 1. The summed E-state index contributed by atoms with van der Waals surface area (Å²) in [7, 11) is 0. The Morgan fingerprint density at radius 2 is 2.13 bits per heavy atom. The summed E-state index contributed by atoms with van der Waals surface area (Å²) in [5.41, 5.74) is 8.92. The van der Waals surface area contributed by atoms with Crippen LogP contribution in [0.5, 0.6) is 0 Å². The van der Waals surface area contributed by atoms with Gasteiger partial charge in [0.05, 0.1) is 12.1 Å². The van der Waals surface area contributed by atoms with E-state index < -0.39 is 0 Å². The number of amides is 1. The molecule has 4 aromatic rings. The van der Waals surface area contributed by atoms with E-state index in [2.05, 4.69) is 20.4 Å². The van der Waals surface area contributed by atoms with Crippen molar-refractivity contribution in [3.8, 4) is 11.4 Å². The number of pyridine rings is 1. The second-order valence-corrected chi connectivity index (χ2v) is 7.50. The van der Waals surface area contributed by atoms with Crippen LogP contribution < -0.4 is 11.1 Å². The quantitative estimate of drug-likeness (QED) is 0.342. The third-order valence-electron chi connectivity index (χ3n) is 5.41. The Kier molecular flexibility index (Phi) is 4.39. The normalized spacial score (nSPS) is 13.9. The monoisotopic (exact) mass is 416 g/mol. The standard InChI is InChI=1S/C21H20N8O2/c1-12-5-6-13(18-26-20(31-27-18)14-10-28(11-14)21(22)23)8-15(12)25-19(30)16-9-24-17-4-2-3-7-29(16)17/h2-9,14H,10-11H2,1H3,(H3,22,23)(H,25,30). The lowest BCUT2D eigenvalue weighted by Gasteiger charge is -2.37. The lowest BCUT2D eigenvalue weighted by molar-refractivity contribution is 0.102. The Balaban J connectivity index is 1.36. The summed E-state index contributed by atoms with van der Waals surface area (Å²) in [6, 6.07) is 11.2. The van der Waals surface area contributed by atoms with Crippen molar-refractivity contribution < 1.29 is 9.32 Å². The molecule has 31 heavy (non-hydrogen) atoms. The maximum absolute atomic E-state index is 12.9. The number of carbonyl (C=O) groups is 1. The minimum atomic E-state index is -0.258. The van der Waals surface area contributed by atoms with Gasteiger partial charge in [0.1, 0.15) is 11.3 Å². The maximum atomic E-state index is 12.9. The molecule has 1 aromatic carbocycles. The van der Waals surface area contributed by atoms with Crippen molar-refractivity contribution >= 4 is 23.2 Å². The Hall–Kier alpha value is -4.21. The topological polar surface area (TPSA) is 138 Å². The summed E-state index contributed by atoms with van der Waals surface area (Å²) >= 11 is 0. The summed E-state index contributed by atoms with van der Waals surface area (Å²) in [5, 5.41) is 14.5. The van der Waals surface area contributed by atoms with E-state index >= 15 is 0 Å². The SMILES string of the molecule is Cc1ccc(-c2noc(C3CN(C(=N)N)C3)n2)cc1NC(=O)c1cnc2ccccn12. The van der Waals surface area contributed by atoms with Gasteiger partial charge in [0, 0.05) is 30.5 Å². The fourth-order valence-electron chi connectivity index (χ4n) is 3.53. The van der Waals surface area contributed by atoms with E-state index in [4.69, 9.17) is 15.7 Å². The van der Waals surface area contributed by atoms with Gasteiger partial charge in [0.2, 0.25) is 11.7 Å². The van der Waals surface area contributed by atoms with E-state index in [0.29, 0.717) is 41.8 Å². The van der Waals surface area contributed by atoms with Crippen LogP contribution in [0.3, 0.4) is 0 Å². The van der Waals surface area contributed by atoms with Crippen molar-refractivity contribution in [1.29, 1.82) is 5.41 Å². The number of hydrogen-bond acceptors (Lipinski definition) is 6. The van der Waals surface area contributed by atoms with E-state index in [1.54, 1.807) is 21.7 Å². The highest BCUT2D eigenvalue weighted by atomic mass is 16.5. The summed E-state index contributed by atoms with van der Waals surface area (Å²) in [5.74, 6) is 0.809. The smallest absolute Gasteiger partial charge is 0.274 e. The summed E-state index contributed by atoms with van der Waals surface area (Å²) in [4.78, 5) is 23.3. The first-order chi connectivity index (χ1) is 15.0. The van der Waals surface area contributed by atoms with Crippen LogP contribution in [0.2, 0.25) is 0 Å². The average Bonchev–Trinajstić information content (AvgIpc) is 3.35. The number of likely N-dealkylation sites (tertiary alicyclic amines) is 1. The first kappa shape index (κ1) is 18.8. The first-order valence-corrected chi connectivity index (χ1v) is 9.76. The number of rotatable bonds is 4. The zero-order valence-electron chi connectivity index (χ0n) is 16.7. The van der Waals surface area contributed by atoms with E-state index in [1.165, 1.54) is 0 Å². The van der Waals surface area contributed by atoms with Gasteiger partial charge in [-0.1, -0.05) is 23.4 Å². The maximum Gasteiger partial charge on any atom is 0.274 e. The highest BCUT2D eigenvalue weighted by molar-refractivity contribution is 6.04. The van der Waals surface area contributed by atoms with E-state index in [0.717, 1.165) is 11.1 Å². The van der Waals surface area contributed by atoms with Crippen LogP contribution in [0.25, 0.3) is 17.0 Å². The van der Waals surface area contributed by atoms with Crippen molar-refractivity contribution in [2.75, 3.05) is 18.4 Å². The lowest BCUT2D eigenvalue weighted by atomic mass is 10.0. The third-order valence-corrected chi connectivity index (χ3v) is 5.41. The first-order valence-electron chi connectivity index (χ1n) is 9.76. The summed E-state index contributed by atoms with van der Waals surface area (Å²) < 4.78 is 7.15. The van der Waals surface area contributed by atoms with Crippen molar-refractivity contribution in [2.24, 2.45) is 5.73 Å². The van der Waals surface area contributed by atoms with Crippen molar-refractivity contribution in [1.82, 2.24) is 24.4 Å². The molecule has 1 aliphatic rings. The van der Waals surface area contributed by atoms with Gasteiger partial charge in [-0.2, -0.15) is 4.98 Å². The van der Waals surface area contributed by atoms with Crippen molar-refractivity contribution in [3.05, 3.63) is 65.9 Å². The molecule has 1 saturated heterocycles. The molecule has 156 valence electrons. The molecule has 3 aromatic heterocycles. The predicted octanol–water partition coefficient (Wildman–Crippen LogP) is 2.24. The number of hydrogen-bond donors (Lipinski definition) is 3. The van der Waals surface area contributed by atoms with Gasteiger partial charge in [-0.3, -0.25) is 14.6 Å². The Labute approximate surface area is 177 Å². The molecule has 10 heteroatoms. The average molecular weight is 416 g/mol. The molecule has 4 N–H and O–H groups in total. The molecule has 1 amide bonds. The van der Waals surface area contributed by atoms with E-state index in [9.17, 15) is 4.79 Å². The van der Waals surface area contributed by atoms with Gasteiger partial charge in [-0.05, 0) is 30.7 Å². The number of carbonyl (C=O) groups excluding carboxylic acids is 1. The number of aryl methyl sites for hydroxylation is 1. The highest BCUT2D eigenvalue weighted by Gasteiger charge is 2.33. The van der Waals surface area contributed by atoms with Crippen LogP contribution in [0.1, 0.15) is 27.9 Å². The number of imidazole rings is 1. The van der Waals surface area contributed by atoms with Gasteiger partial charge in [0.25, 0.3) is 5.91 Å². The van der Waals surface area contributed by atoms with Crippen molar-refractivity contribution in [3.63, 3.8) is 0 Å². The molecular formula is C21H20N8O2. The second-order valence-electron chi connectivity index (χ2n) is 7.50. The van der Waals surface area contributed by atoms with Gasteiger partial charge in [0.15, 0.2) is 5.96 Å². The molecule has 0 saturated carbocycles. The van der Waals surface area contributed by atoms with Crippen LogP contribution in [0.4, 0.5) is 5.69 Å². The molecule has 1 aliphatic heterocycles. The van der Waals surface area contributed by atoms with Crippen LogP contribution in [-0.2, 0) is 0 Å². The number of nitrogens with two attached hydrogens (primary N) is 1. The number of aromatic nitrogens is 4. The molecule has 0 atom stereocenters. The van der Waals surface area contributed by atoms with Gasteiger partial charge in [-0.15, -0.1) is 0 Å². The number of guanidine groups is 1. The minimum Gasteiger partial charge on any atom is -0.370 e. The van der Waals surface area contributed by atoms with Crippen LogP contribution in [0.15, 0.2) is 53.3 Å². The largest absolute Gasteiger partial charge is 0.370 e. The van der Waals surface area contributed by atoms with Crippen LogP contribution in [0, 0.1) is 12.3 Å². The zero-order chi connectivity index (χ0) is 21.5. The van der Waals surface area contributed by atoms with Gasteiger partial charge >= 0.3 is 0 Å². The van der Waals surface area contributed by atoms with Crippen molar-refractivity contribution in [2.45, 2.75) is 12.8 Å². The molecule has 0 unspecified atom stereocenters. The molecule has 5 rings (SSSR count). The van der Waals surface area contributed by atoms with E-state index in [-0.39, 0.29) is 17.8 Å². The number of nitrogens with one attached hydrogen (secondary N) is 2. The molecule has 10 nitrogen and oxygen atoms in total. The molecule has 0 bridgehead atoms. The Morgan fingerprint density at radius 1 is 1.29 bits per heavy atom. The lowest BCUT2D eigenvalue weighted by Crippen LogP contribution is -2.51. The molecule has 0 aliphatic carbocycles. The summed E-state index contributed by atoms with van der Waals surface area (Å²) in [6.45, 7) is 3.09. The molecule has 1 fully saturated rings. The fraction of sp³-hybridized carbons (Fsp3) is 0.190. The van der Waals surface area contributed by atoms with Gasteiger partial charge in [-0.25, -0.2) is 4.98 Å². The third kappa shape index (κ3) is 3.37. The Bertz CT molecular complexity index is 1300. The fourth-order valence-corrected chi connectivity index (χ4v) is 3.53. The number of nitrogens with zero attached hydrogens (tertiary/aromatic N) is 5. The van der Waals surface area contributed by atoms with Crippen LogP contribution >= 0.6 is 0 Å². The molecular weight excluding hydrogens is 396 g/mol.